The predicted octanol–water partition coefficient (Wildman–Crippen LogP) is 1.29. The third-order valence-corrected chi connectivity index (χ3v) is 3.54. The van der Waals surface area contributed by atoms with Crippen molar-refractivity contribution in [1.29, 1.82) is 0 Å². The SMILES string of the molecule is OCC1CCCC2(CCCN2)C1. The van der Waals surface area contributed by atoms with Gasteiger partial charge in [0, 0.05) is 12.1 Å². The van der Waals surface area contributed by atoms with Crippen molar-refractivity contribution in [2.45, 2.75) is 44.1 Å². The van der Waals surface area contributed by atoms with Gasteiger partial charge < -0.3 is 10.4 Å². The van der Waals surface area contributed by atoms with E-state index in [9.17, 15) is 0 Å². The standard InChI is InChI=1S/C10H19NO/c12-8-9-3-1-4-10(7-9)5-2-6-11-10/h9,11-12H,1-8H2. The Labute approximate surface area is 74.4 Å². The molecule has 0 aromatic carbocycles. The second-order valence-corrected chi connectivity index (χ2v) is 4.46. The summed E-state index contributed by atoms with van der Waals surface area (Å²) < 4.78 is 0. The Morgan fingerprint density at radius 1 is 1.33 bits per heavy atom. The average Bonchev–Trinajstić information content (AvgIpc) is 2.53. The van der Waals surface area contributed by atoms with Crippen molar-refractivity contribution in [3.05, 3.63) is 0 Å². The Bertz CT molecular complexity index is 152. The summed E-state index contributed by atoms with van der Waals surface area (Å²) in [5.74, 6) is 0.573. The normalized spacial score (nSPS) is 42.2. The first kappa shape index (κ1) is 8.52. The van der Waals surface area contributed by atoms with Gasteiger partial charge in [0.1, 0.15) is 0 Å². The smallest absolute Gasteiger partial charge is 0.0459 e. The van der Waals surface area contributed by atoms with Crippen molar-refractivity contribution in [1.82, 2.24) is 5.32 Å². The van der Waals surface area contributed by atoms with Crippen LogP contribution in [0.3, 0.4) is 0 Å². The zero-order chi connectivity index (χ0) is 8.44. The number of aliphatic hydroxyl groups is 1. The highest BCUT2D eigenvalue weighted by Crippen LogP contribution is 2.37. The van der Waals surface area contributed by atoms with Crippen LogP contribution in [-0.2, 0) is 0 Å². The molecule has 2 nitrogen and oxygen atoms in total. The van der Waals surface area contributed by atoms with Crippen molar-refractivity contribution in [2.75, 3.05) is 13.2 Å². The summed E-state index contributed by atoms with van der Waals surface area (Å²) in [6, 6.07) is 0. The maximum atomic E-state index is 9.11. The first-order valence-corrected chi connectivity index (χ1v) is 5.21. The molecule has 1 heterocycles. The van der Waals surface area contributed by atoms with Crippen LogP contribution in [0.15, 0.2) is 0 Å². The third-order valence-electron chi connectivity index (χ3n) is 3.54. The molecule has 2 rings (SSSR count). The molecule has 70 valence electrons. The van der Waals surface area contributed by atoms with Crippen molar-refractivity contribution in [3.8, 4) is 0 Å². The number of nitrogens with one attached hydrogen (secondary N) is 1. The van der Waals surface area contributed by atoms with E-state index in [-0.39, 0.29) is 0 Å². The first-order valence-electron chi connectivity index (χ1n) is 5.21. The van der Waals surface area contributed by atoms with Crippen LogP contribution in [0.25, 0.3) is 0 Å². The minimum atomic E-state index is 0.392. The monoisotopic (exact) mass is 169 g/mol. The van der Waals surface area contributed by atoms with Crippen LogP contribution in [0.4, 0.5) is 0 Å². The van der Waals surface area contributed by atoms with Gasteiger partial charge in [0.05, 0.1) is 0 Å². The van der Waals surface area contributed by atoms with Gasteiger partial charge in [-0.15, -0.1) is 0 Å². The van der Waals surface area contributed by atoms with Crippen LogP contribution >= 0.6 is 0 Å². The summed E-state index contributed by atoms with van der Waals surface area (Å²) in [6.07, 6.45) is 7.76. The summed E-state index contributed by atoms with van der Waals surface area (Å²) in [5.41, 5.74) is 0.436. The predicted molar refractivity (Wildman–Crippen MR) is 49.0 cm³/mol. The quantitative estimate of drug-likeness (QED) is 0.620. The molecule has 2 aliphatic rings. The number of hydrogen-bond acceptors (Lipinski definition) is 2. The fourth-order valence-corrected chi connectivity index (χ4v) is 2.90. The van der Waals surface area contributed by atoms with Crippen LogP contribution in [0.2, 0.25) is 0 Å². The summed E-state index contributed by atoms with van der Waals surface area (Å²) >= 11 is 0. The average molecular weight is 169 g/mol. The maximum absolute atomic E-state index is 9.11. The topological polar surface area (TPSA) is 32.3 Å². The molecule has 0 aromatic heterocycles. The van der Waals surface area contributed by atoms with Crippen molar-refractivity contribution in [3.63, 3.8) is 0 Å². The van der Waals surface area contributed by atoms with E-state index < -0.39 is 0 Å². The lowest BCUT2D eigenvalue weighted by Crippen LogP contribution is -2.44. The molecular formula is C10H19NO. The second kappa shape index (κ2) is 3.35. The maximum Gasteiger partial charge on any atom is 0.0459 e. The molecule has 2 N–H and O–H groups in total. The van der Waals surface area contributed by atoms with E-state index in [0.29, 0.717) is 18.1 Å². The van der Waals surface area contributed by atoms with Gasteiger partial charge in [0.2, 0.25) is 0 Å². The zero-order valence-corrected chi connectivity index (χ0v) is 7.68. The lowest BCUT2D eigenvalue weighted by molar-refractivity contribution is 0.133. The van der Waals surface area contributed by atoms with Crippen LogP contribution in [-0.4, -0.2) is 23.8 Å². The number of aliphatic hydroxyl groups excluding tert-OH is 1. The van der Waals surface area contributed by atoms with E-state index in [1.54, 1.807) is 0 Å². The van der Waals surface area contributed by atoms with Gasteiger partial charge in [0.25, 0.3) is 0 Å². The van der Waals surface area contributed by atoms with Gasteiger partial charge >= 0.3 is 0 Å². The fraction of sp³-hybridized carbons (Fsp3) is 1.00. The van der Waals surface area contributed by atoms with E-state index in [2.05, 4.69) is 5.32 Å². The molecule has 0 radical (unpaired) electrons. The van der Waals surface area contributed by atoms with Crippen LogP contribution in [0.5, 0.6) is 0 Å². The minimum absolute atomic E-state index is 0.392. The van der Waals surface area contributed by atoms with Crippen molar-refractivity contribution in [2.24, 2.45) is 5.92 Å². The van der Waals surface area contributed by atoms with Gasteiger partial charge in [0.15, 0.2) is 0 Å². The molecule has 0 amide bonds. The lowest BCUT2D eigenvalue weighted by atomic mass is 9.75. The second-order valence-electron chi connectivity index (χ2n) is 4.46. The van der Waals surface area contributed by atoms with Crippen LogP contribution < -0.4 is 5.32 Å². The van der Waals surface area contributed by atoms with Crippen LogP contribution in [0, 0.1) is 5.92 Å². The molecule has 12 heavy (non-hydrogen) atoms. The summed E-state index contributed by atoms with van der Waals surface area (Å²) in [5, 5.41) is 12.7. The largest absolute Gasteiger partial charge is 0.396 e. The molecule has 1 saturated heterocycles. The Kier molecular flexibility index (Phi) is 2.37. The number of hydrogen-bond donors (Lipinski definition) is 2. The van der Waals surface area contributed by atoms with Gasteiger partial charge in [-0.2, -0.15) is 0 Å². The molecule has 2 heteroatoms. The van der Waals surface area contributed by atoms with E-state index in [0.717, 1.165) is 0 Å². The highest BCUT2D eigenvalue weighted by atomic mass is 16.3. The van der Waals surface area contributed by atoms with E-state index in [1.165, 1.54) is 45.1 Å². The molecule has 1 saturated carbocycles. The van der Waals surface area contributed by atoms with Gasteiger partial charge in [-0.25, -0.2) is 0 Å². The van der Waals surface area contributed by atoms with E-state index in [1.807, 2.05) is 0 Å². The van der Waals surface area contributed by atoms with Gasteiger partial charge in [-0.1, -0.05) is 6.42 Å². The van der Waals surface area contributed by atoms with Gasteiger partial charge in [-0.05, 0) is 44.6 Å². The first-order chi connectivity index (χ1) is 5.85. The molecule has 1 aliphatic carbocycles. The minimum Gasteiger partial charge on any atom is -0.396 e. The Balaban J connectivity index is 1.97. The molecule has 0 bridgehead atoms. The number of rotatable bonds is 1. The Hall–Kier alpha value is -0.0800. The third kappa shape index (κ3) is 1.50. The molecule has 1 spiro atoms. The summed E-state index contributed by atoms with van der Waals surface area (Å²) in [6.45, 7) is 1.58. The highest BCUT2D eigenvalue weighted by molar-refractivity contribution is 4.96. The molecular weight excluding hydrogens is 150 g/mol. The Morgan fingerprint density at radius 2 is 2.17 bits per heavy atom. The van der Waals surface area contributed by atoms with E-state index in [4.69, 9.17) is 5.11 Å². The molecule has 0 aromatic rings. The highest BCUT2D eigenvalue weighted by Gasteiger charge is 2.37. The summed E-state index contributed by atoms with van der Waals surface area (Å²) in [7, 11) is 0. The molecule has 2 unspecified atom stereocenters. The van der Waals surface area contributed by atoms with Gasteiger partial charge in [-0.3, -0.25) is 0 Å². The molecule has 1 aliphatic heterocycles. The van der Waals surface area contributed by atoms with Crippen molar-refractivity contribution >= 4 is 0 Å². The van der Waals surface area contributed by atoms with Crippen LogP contribution in [0.1, 0.15) is 38.5 Å². The molecule has 2 atom stereocenters. The zero-order valence-electron chi connectivity index (χ0n) is 7.68. The molecule has 2 fully saturated rings. The Morgan fingerprint density at radius 3 is 2.83 bits per heavy atom. The fourth-order valence-electron chi connectivity index (χ4n) is 2.90. The van der Waals surface area contributed by atoms with Crippen molar-refractivity contribution < 1.29 is 5.11 Å². The van der Waals surface area contributed by atoms with E-state index >= 15 is 0 Å². The summed E-state index contributed by atoms with van der Waals surface area (Å²) in [4.78, 5) is 0. The lowest BCUT2D eigenvalue weighted by Gasteiger charge is -2.37.